The van der Waals surface area contributed by atoms with Crippen molar-refractivity contribution < 1.29 is 18.8 Å². The fourth-order valence-electron chi connectivity index (χ4n) is 1.89. The van der Waals surface area contributed by atoms with Gasteiger partial charge in [0, 0.05) is 0 Å². The number of nitrogens with zero attached hydrogens (tertiary/aromatic N) is 1. The maximum Gasteiger partial charge on any atom is 0.340 e. The summed E-state index contributed by atoms with van der Waals surface area (Å²) in [6.07, 6.45) is 0. The second-order valence-electron chi connectivity index (χ2n) is 5.68. The maximum absolute atomic E-state index is 12.2. The Morgan fingerprint density at radius 3 is 2.48 bits per heavy atom. The number of para-hydroxylation sites is 1. The zero-order chi connectivity index (χ0) is 16.0. The number of esters is 1. The van der Waals surface area contributed by atoms with Crippen molar-refractivity contribution in [3.8, 4) is 0 Å². The molecular weight excluding hydrogens is 268 g/mol. The topological polar surface area (TPSA) is 55.4 Å². The van der Waals surface area contributed by atoms with Gasteiger partial charge in [-0.1, -0.05) is 12.1 Å². The summed E-state index contributed by atoms with van der Waals surface area (Å²) in [6.45, 7) is 7.16. The smallest absolute Gasteiger partial charge is 0.340 e. The van der Waals surface area contributed by atoms with Crippen molar-refractivity contribution in [3.05, 3.63) is 29.3 Å². The number of anilines is 1. The maximum atomic E-state index is 12.2. The standard InChI is InChI=1S/C16H24N2O3/c1-6-18(4,5)11-14(19)17-15-12(3)9-8-10-13(15)16(20)21-7-2/h8-10H,6-7,11H2,1-5H3/p+1. The molecule has 1 aromatic rings. The Morgan fingerprint density at radius 2 is 1.90 bits per heavy atom. The molecule has 0 fully saturated rings. The fourth-order valence-corrected chi connectivity index (χ4v) is 1.89. The fraction of sp³-hybridized carbons (Fsp3) is 0.500. The third-order valence-corrected chi connectivity index (χ3v) is 3.46. The van der Waals surface area contributed by atoms with Crippen LogP contribution in [0, 0.1) is 6.92 Å². The highest BCUT2D eigenvalue weighted by molar-refractivity contribution is 6.02. The second-order valence-corrected chi connectivity index (χ2v) is 5.68. The Kier molecular flexibility index (Phi) is 5.90. The molecule has 0 aliphatic carbocycles. The lowest BCUT2D eigenvalue weighted by molar-refractivity contribution is -0.880. The van der Waals surface area contributed by atoms with Crippen LogP contribution in [0.25, 0.3) is 0 Å². The molecule has 0 aliphatic rings. The highest BCUT2D eigenvalue weighted by Gasteiger charge is 2.21. The number of nitrogens with one attached hydrogen (secondary N) is 1. The molecule has 0 heterocycles. The molecule has 0 radical (unpaired) electrons. The van der Waals surface area contributed by atoms with Gasteiger partial charge in [0.15, 0.2) is 6.54 Å². The summed E-state index contributed by atoms with van der Waals surface area (Å²) in [5.74, 6) is -0.526. The molecular formula is C16H25N2O3+. The predicted octanol–water partition coefficient (Wildman–Crippen LogP) is 2.21. The van der Waals surface area contributed by atoms with Crippen LogP contribution in [-0.4, -0.2) is 50.2 Å². The molecule has 0 saturated heterocycles. The van der Waals surface area contributed by atoms with E-state index in [4.69, 9.17) is 4.74 Å². The van der Waals surface area contributed by atoms with Gasteiger partial charge in [0.1, 0.15) is 0 Å². The molecule has 0 unspecified atom stereocenters. The van der Waals surface area contributed by atoms with Crippen LogP contribution in [0.1, 0.15) is 29.8 Å². The van der Waals surface area contributed by atoms with Crippen LogP contribution < -0.4 is 5.32 Å². The Morgan fingerprint density at radius 1 is 1.24 bits per heavy atom. The Balaban J connectivity index is 2.97. The normalized spacial score (nSPS) is 11.1. The number of quaternary nitrogens is 1. The van der Waals surface area contributed by atoms with Gasteiger partial charge in [0.2, 0.25) is 0 Å². The van der Waals surface area contributed by atoms with Crippen LogP contribution in [0.15, 0.2) is 18.2 Å². The van der Waals surface area contributed by atoms with E-state index in [2.05, 4.69) is 5.32 Å². The van der Waals surface area contributed by atoms with E-state index in [1.165, 1.54) is 0 Å². The number of likely N-dealkylation sites (N-methyl/N-ethyl adjacent to an activating group) is 1. The van der Waals surface area contributed by atoms with Gasteiger partial charge in [-0.25, -0.2) is 4.79 Å². The van der Waals surface area contributed by atoms with Crippen LogP contribution in [0.4, 0.5) is 5.69 Å². The first-order valence-electron chi connectivity index (χ1n) is 7.19. The van der Waals surface area contributed by atoms with Crippen LogP contribution in [-0.2, 0) is 9.53 Å². The van der Waals surface area contributed by atoms with E-state index in [0.717, 1.165) is 12.1 Å². The molecule has 0 bridgehead atoms. The minimum absolute atomic E-state index is 0.110. The van der Waals surface area contributed by atoms with E-state index in [1.54, 1.807) is 19.1 Å². The summed E-state index contributed by atoms with van der Waals surface area (Å²) in [7, 11) is 3.98. The molecule has 21 heavy (non-hydrogen) atoms. The van der Waals surface area contributed by atoms with Crippen molar-refractivity contribution >= 4 is 17.6 Å². The zero-order valence-electron chi connectivity index (χ0n) is 13.5. The molecule has 0 atom stereocenters. The summed E-state index contributed by atoms with van der Waals surface area (Å²) >= 11 is 0. The second kappa shape index (κ2) is 7.22. The van der Waals surface area contributed by atoms with Gasteiger partial charge in [-0.3, -0.25) is 4.79 Å². The summed E-state index contributed by atoms with van der Waals surface area (Å²) in [4.78, 5) is 24.2. The molecule has 116 valence electrons. The number of benzene rings is 1. The first-order chi connectivity index (χ1) is 9.80. The number of ether oxygens (including phenoxy) is 1. The van der Waals surface area contributed by atoms with Crippen molar-refractivity contribution in [2.75, 3.05) is 39.1 Å². The van der Waals surface area contributed by atoms with Gasteiger partial charge in [-0.2, -0.15) is 0 Å². The molecule has 0 aliphatic heterocycles. The molecule has 1 aromatic carbocycles. The molecule has 5 nitrogen and oxygen atoms in total. The van der Waals surface area contributed by atoms with Crippen LogP contribution in [0.5, 0.6) is 0 Å². The van der Waals surface area contributed by atoms with E-state index in [-0.39, 0.29) is 5.91 Å². The highest BCUT2D eigenvalue weighted by atomic mass is 16.5. The number of amides is 1. The van der Waals surface area contributed by atoms with Crippen molar-refractivity contribution in [1.29, 1.82) is 0 Å². The van der Waals surface area contributed by atoms with Gasteiger partial charge in [0.05, 0.1) is 38.5 Å². The SMILES string of the molecule is CCOC(=O)c1cccc(C)c1NC(=O)C[N+](C)(C)CC. The van der Waals surface area contributed by atoms with Gasteiger partial charge in [-0.15, -0.1) is 0 Å². The third-order valence-electron chi connectivity index (χ3n) is 3.46. The molecule has 1 N–H and O–H groups in total. The Bertz CT molecular complexity index is 524. The average Bonchev–Trinajstić information content (AvgIpc) is 2.40. The first kappa shape index (κ1) is 17.2. The van der Waals surface area contributed by atoms with Crippen LogP contribution in [0.3, 0.4) is 0 Å². The van der Waals surface area contributed by atoms with Crippen molar-refractivity contribution in [3.63, 3.8) is 0 Å². The predicted molar refractivity (Wildman–Crippen MR) is 83.3 cm³/mol. The van der Waals surface area contributed by atoms with E-state index in [9.17, 15) is 9.59 Å². The lowest BCUT2D eigenvalue weighted by Gasteiger charge is -2.27. The number of carbonyl (C=O) groups is 2. The average molecular weight is 293 g/mol. The van der Waals surface area contributed by atoms with Gasteiger partial charge >= 0.3 is 5.97 Å². The largest absolute Gasteiger partial charge is 0.462 e. The molecule has 0 saturated carbocycles. The summed E-state index contributed by atoms with van der Waals surface area (Å²) in [5, 5.41) is 2.85. The van der Waals surface area contributed by atoms with Crippen molar-refractivity contribution in [1.82, 2.24) is 0 Å². The van der Waals surface area contributed by atoms with Crippen molar-refractivity contribution in [2.24, 2.45) is 0 Å². The van der Waals surface area contributed by atoms with Gasteiger partial charge in [0.25, 0.3) is 5.91 Å². The minimum atomic E-state index is -0.416. The highest BCUT2D eigenvalue weighted by Crippen LogP contribution is 2.21. The quantitative estimate of drug-likeness (QED) is 0.646. The minimum Gasteiger partial charge on any atom is -0.462 e. The van der Waals surface area contributed by atoms with E-state index in [1.807, 2.05) is 34.0 Å². The monoisotopic (exact) mass is 293 g/mol. The van der Waals surface area contributed by atoms with Gasteiger partial charge in [-0.05, 0) is 32.4 Å². The molecule has 0 aromatic heterocycles. The van der Waals surface area contributed by atoms with E-state index in [0.29, 0.717) is 28.9 Å². The third kappa shape index (κ3) is 4.86. The molecule has 1 rings (SSSR count). The summed E-state index contributed by atoms with van der Waals surface area (Å²) in [6, 6.07) is 5.31. The zero-order valence-corrected chi connectivity index (χ0v) is 13.5. The van der Waals surface area contributed by atoms with Crippen LogP contribution >= 0.6 is 0 Å². The summed E-state index contributed by atoms with van der Waals surface area (Å²) in [5.41, 5.74) is 1.78. The number of aryl methyl sites for hydroxylation is 1. The van der Waals surface area contributed by atoms with Crippen molar-refractivity contribution in [2.45, 2.75) is 20.8 Å². The number of hydrogen-bond acceptors (Lipinski definition) is 3. The number of hydrogen-bond donors (Lipinski definition) is 1. The van der Waals surface area contributed by atoms with E-state index >= 15 is 0 Å². The molecule has 5 heteroatoms. The number of rotatable bonds is 6. The van der Waals surface area contributed by atoms with E-state index < -0.39 is 5.97 Å². The van der Waals surface area contributed by atoms with Crippen LogP contribution in [0.2, 0.25) is 0 Å². The summed E-state index contributed by atoms with van der Waals surface area (Å²) < 4.78 is 5.62. The lowest BCUT2D eigenvalue weighted by atomic mass is 10.1. The molecule has 1 amide bonds. The molecule has 0 spiro atoms. The Hall–Kier alpha value is -1.88. The lowest BCUT2D eigenvalue weighted by Crippen LogP contribution is -2.45. The number of carbonyl (C=O) groups excluding carboxylic acids is 2. The first-order valence-corrected chi connectivity index (χ1v) is 7.19. The van der Waals surface area contributed by atoms with Gasteiger partial charge < -0.3 is 14.5 Å². The Labute approximate surface area is 126 Å².